The lowest BCUT2D eigenvalue weighted by Gasteiger charge is -2.24. The van der Waals surface area contributed by atoms with Gasteiger partial charge in [0.25, 0.3) is 0 Å². The lowest BCUT2D eigenvalue weighted by molar-refractivity contribution is -0.143. The normalized spacial score (nSPS) is 11.3. The quantitative estimate of drug-likeness (QED) is 0.424. The van der Waals surface area contributed by atoms with E-state index < -0.39 is 0 Å². The Balaban J connectivity index is 2.58. The summed E-state index contributed by atoms with van der Waals surface area (Å²) in [5.74, 6) is 0.0157. The third-order valence-electron chi connectivity index (χ3n) is 4.78. The van der Waals surface area contributed by atoms with Crippen molar-refractivity contribution in [2.24, 2.45) is 0 Å². The smallest absolute Gasteiger partial charge is 0.325 e. The van der Waals surface area contributed by atoms with Crippen LogP contribution >= 0.6 is 11.6 Å². The van der Waals surface area contributed by atoms with Crippen molar-refractivity contribution in [1.82, 2.24) is 4.57 Å². The number of pyridine rings is 1. The number of anilines is 1. The summed E-state index contributed by atoms with van der Waals surface area (Å²) in [7, 11) is 3.70. The summed E-state index contributed by atoms with van der Waals surface area (Å²) in [6.07, 6.45) is -0.152. The monoisotopic (exact) mass is 430 g/mol. The number of esters is 1. The number of nitrogens with zero attached hydrogens (tertiary/aromatic N) is 2. The highest BCUT2D eigenvalue weighted by Crippen LogP contribution is 2.40. The number of benzene rings is 2. The van der Waals surface area contributed by atoms with Gasteiger partial charge in [-0.15, -0.1) is 0 Å². The molecule has 0 spiro atoms. The van der Waals surface area contributed by atoms with Crippen LogP contribution in [0, 0.1) is 6.92 Å². The van der Waals surface area contributed by atoms with Crippen molar-refractivity contribution < 1.29 is 14.3 Å². The third kappa shape index (κ3) is 3.97. The Morgan fingerprint density at radius 1 is 1.23 bits per heavy atom. The Morgan fingerprint density at radius 2 is 1.93 bits per heavy atom. The molecule has 0 bridgehead atoms. The fraction of sp³-hybridized carbons (Fsp3) is 0.391. The van der Waals surface area contributed by atoms with Gasteiger partial charge in [-0.2, -0.15) is 0 Å². The van der Waals surface area contributed by atoms with Crippen molar-refractivity contribution in [1.29, 1.82) is 0 Å². The zero-order valence-corrected chi connectivity index (χ0v) is 19.0. The summed E-state index contributed by atoms with van der Waals surface area (Å²) >= 11 is 6.64. The van der Waals surface area contributed by atoms with Crippen LogP contribution < -0.4 is 15.1 Å². The number of carbonyl (C=O) groups is 1. The molecular formula is C23H27ClN2O4. The molecule has 0 saturated carbocycles. The zero-order valence-electron chi connectivity index (χ0n) is 18.2. The summed E-state index contributed by atoms with van der Waals surface area (Å²) in [5.41, 5.74) is 2.68. The zero-order chi connectivity index (χ0) is 22.2. The Kier molecular flexibility index (Phi) is 6.27. The summed E-state index contributed by atoms with van der Waals surface area (Å²) in [4.78, 5) is 27.9. The van der Waals surface area contributed by atoms with Gasteiger partial charge in [-0.25, -0.2) is 0 Å². The first-order chi connectivity index (χ1) is 14.1. The Labute approximate surface area is 180 Å². The molecule has 160 valence electrons. The molecular weight excluding hydrogens is 404 g/mol. The van der Waals surface area contributed by atoms with Crippen LogP contribution in [0.3, 0.4) is 0 Å². The fourth-order valence-corrected chi connectivity index (χ4v) is 4.03. The number of rotatable bonds is 6. The minimum atomic E-state index is -0.388. The maximum atomic E-state index is 13.6. The van der Waals surface area contributed by atoms with Gasteiger partial charge in [0.15, 0.2) is 0 Å². The van der Waals surface area contributed by atoms with Crippen LogP contribution in [0.25, 0.3) is 21.8 Å². The first kappa shape index (κ1) is 22.0. The van der Waals surface area contributed by atoms with Crippen molar-refractivity contribution in [3.8, 4) is 5.75 Å². The van der Waals surface area contributed by atoms with Crippen molar-refractivity contribution in [3.63, 3.8) is 0 Å². The maximum Gasteiger partial charge on any atom is 0.325 e. The minimum Gasteiger partial charge on any atom is -0.490 e. The van der Waals surface area contributed by atoms with Gasteiger partial charge >= 0.3 is 5.97 Å². The lowest BCUT2D eigenvalue weighted by Crippen LogP contribution is -2.22. The van der Waals surface area contributed by atoms with Crippen molar-refractivity contribution in [3.05, 3.63) is 45.1 Å². The van der Waals surface area contributed by atoms with Crippen LogP contribution in [0.1, 0.15) is 26.3 Å². The fourth-order valence-electron chi connectivity index (χ4n) is 3.67. The molecule has 0 N–H and O–H groups in total. The Hall–Kier alpha value is -2.73. The molecule has 7 heteroatoms. The lowest BCUT2D eigenvalue weighted by atomic mass is 10.0. The van der Waals surface area contributed by atoms with Crippen LogP contribution in [0.2, 0.25) is 5.02 Å². The second-order valence-electron chi connectivity index (χ2n) is 7.73. The van der Waals surface area contributed by atoms with Crippen LogP contribution in [0.5, 0.6) is 5.75 Å². The molecule has 0 atom stereocenters. The van der Waals surface area contributed by atoms with Crippen LogP contribution in [0.15, 0.2) is 29.1 Å². The standard InChI is InChI=1S/C23H27ClN2O4/c1-7-29-19(27)12-26-17-10-14(4)8-9-15(17)23(28)20-18(30-13(2)3)11-16(24)21(22(20)26)25(5)6/h8-11,13H,7,12H2,1-6H3. The number of halogens is 1. The molecule has 0 aliphatic rings. The Morgan fingerprint density at radius 3 is 2.53 bits per heavy atom. The highest BCUT2D eigenvalue weighted by Gasteiger charge is 2.23. The molecule has 0 saturated heterocycles. The first-order valence-electron chi connectivity index (χ1n) is 9.94. The van der Waals surface area contributed by atoms with E-state index in [-0.39, 0.29) is 30.7 Å². The van der Waals surface area contributed by atoms with Gasteiger partial charge in [-0.3, -0.25) is 9.59 Å². The highest BCUT2D eigenvalue weighted by molar-refractivity contribution is 6.35. The van der Waals surface area contributed by atoms with E-state index in [9.17, 15) is 9.59 Å². The topological polar surface area (TPSA) is 60.8 Å². The predicted molar refractivity (Wildman–Crippen MR) is 122 cm³/mol. The molecule has 6 nitrogen and oxygen atoms in total. The van der Waals surface area contributed by atoms with E-state index in [0.29, 0.717) is 38.3 Å². The summed E-state index contributed by atoms with van der Waals surface area (Å²) in [5, 5.41) is 1.35. The van der Waals surface area contributed by atoms with Gasteiger partial charge < -0.3 is 18.9 Å². The van der Waals surface area contributed by atoms with Crippen molar-refractivity contribution >= 4 is 45.1 Å². The summed E-state index contributed by atoms with van der Waals surface area (Å²) in [6.45, 7) is 7.72. The molecule has 0 aliphatic heterocycles. The Bertz CT molecular complexity index is 1180. The SMILES string of the molecule is CCOC(=O)Cn1c2cc(C)ccc2c(=O)c2c(OC(C)C)cc(Cl)c(N(C)C)c21. The summed E-state index contributed by atoms with van der Waals surface area (Å²) in [6, 6.07) is 7.25. The van der Waals surface area contributed by atoms with Gasteiger partial charge in [0.1, 0.15) is 12.3 Å². The van der Waals surface area contributed by atoms with Crippen LogP contribution in [-0.4, -0.2) is 37.3 Å². The molecule has 0 aliphatic carbocycles. The molecule has 3 aromatic rings. The minimum absolute atomic E-state index is 0.0487. The number of fused-ring (bicyclic) bond motifs is 2. The molecule has 0 amide bonds. The first-order valence-corrected chi connectivity index (χ1v) is 10.3. The average Bonchev–Trinajstić information content (AvgIpc) is 2.63. The number of carbonyl (C=O) groups excluding carboxylic acids is 1. The van der Waals surface area contributed by atoms with E-state index in [1.807, 2.05) is 56.5 Å². The molecule has 1 aromatic heterocycles. The van der Waals surface area contributed by atoms with Crippen molar-refractivity contribution in [2.75, 3.05) is 25.6 Å². The van der Waals surface area contributed by atoms with E-state index in [4.69, 9.17) is 21.1 Å². The molecule has 1 heterocycles. The van der Waals surface area contributed by atoms with Crippen LogP contribution in [0.4, 0.5) is 5.69 Å². The number of hydrogen-bond donors (Lipinski definition) is 0. The molecule has 3 rings (SSSR count). The molecule has 0 unspecified atom stereocenters. The van der Waals surface area contributed by atoms with E-state index in [2.05, 4.69) is 0 Å². The second kappa shape index (κ2) is 8.56. The molecule has 0 radical (unpaired) electrons. The molecule has 30 heavy (non-hydrogen) atoms. The highest BCUT2D eigenvalue weighted by atomic mass is 35.5. The van der Waals surface area contributed by atoms with Crippen molar-refractivity contribution in [2.45, 2.75) is 40.3 Å². The maximum absolute atomic E-state index is 13.6. The predicted octanol–water partition coefficient (Wildman–Crippen LogP) is 4.53. The van der Waals surface area contributed by atoms with Gasteiger partial charge in [0.05, 0.1) is 39.8 Å². The number of ether oxygens (including phenoxy) is 2. The van der Waals surface area contributed by atoms with Crippen LogP contribution in [-0.2, 0) is 16.1 Å². The van der Waals surface area contributed by atoms with E-state index >= 15 is 0 Å². The van der Waals surface area contributed by atoms with Gasteiger partial charge in [0.2, 0.25) is 5.43 Å². The van der Waals surface area contributed by atoms with Gasteiger partial charge in [-0.05, 0) is 45.4 Å². The van der Waals surface area contributed by atoms with Gasteiger partial charge in [-0.1, -0.05) is 17.7 Å². The van der Waals surface area contributed by atoms with Gasteiger partial charge in [0, 0.05) is 25.5 Å². The van der Waals surface area contributed by atoms with E-state index in [1.165, 1.54) is 0 Å². The summed E-state index contributed by atoms with van der Waals surface area (Å²) < 4.78 is 13.0. The second-order valence-corrected chi connectivity index (χ2v) is 8.14. The molecule has 0 fully saturated rings. The van der Waals surface area contributed by atoms with E-state index in [0.717, 1.165) is 5.56 Å². The third-order valence-corrected chi connectivity index (χ3v) is 5.07. The van der Waals surface area contributed by atoms with E-state index in [1.54, 1.807) is 19.1 Å². The molecule has 2 aromatic carbocycles. The number of hydrogen-bond acceptors (Lipinski definition) is 5. The average molecular weight is 431 g/mol. The number of aromatic nitrogens is 1. The largest absolute Gasteiger partial charge is 0.490 e. The number of aryl methyl sites for hydroxylation is 1.